The van der Waals surface area contributed by atoms with Gasteiger partial charge in [0.1, 0.15) is 24.0 Å². The Labute approximate surface area is 440 Å². The van der Waals surface area contributed by atoms with Gasteiger partial charge in [0.05, 0.1) is 39.1 Å². The Morgan fingerprint density at radius 2 is 1.24 bits per heavy atom. The zero-order valence-corrected chi connectivity index (χ0v) is 41.7. The molecule has 10 aromatic rings. The highest BCUT2D eigenvalue weighted by molar-refractivity contribution is 6.09. The van der Waals surface area contributed by atoms with Gasteiger partial charge in [-0.2, -0.15) is 0 Å². The number of benzene rings is 8. The van der Waals surface area contributed by atoms with Crippen molar-refractivity contribution in [3.8, 4) is 50.7 Å². The number of aromatic nitrogens is 2. The third-order valence-electron chi connectivity index (χ3n) is 14.9. The zero-order valence-electron chi connectivity index (χ0n) is 52.7. The highest BCUT2D eigenvalue weighted by atomic mass is 16.5. The van der Waals surface area contributed by atoms with Gasteiger partial charge in [-0.25, -0.2) is 4.98 Å². The summed E-state index contributed by atoms with van der Waals surface area (Å²) >= 11 is 0. The fourth-order valence-electron chi connectivity index (χ4n) is 10.8. The second kappa shape index (κ2) is 17.2. The van der Waals surface area contributed by atoms with Gasteiger partial charge < -0.3 is 14.5 Å². The summed E-state index contributed by atoms with van der Waals surface area (Å²) in [5, 5.41) is 2.17. The van der Waals surface area contributed by atoms with Crippen molar-refractivity contribution in [3.63, 3.8) is 0 Å². The van der Waals surface area contributed by atoms with E-state index >= 15 is 0 Å². The number of pyridine rings is 1. The van der Waals surface area contributed by atoms with Crippen LogP contribution < -0.4 is 14.5 Å². The zero-order chi connectivity index (χ0) is 59.0. The van der Waals surface area contributed by atoms with E-state index in [0.717, 1.165) is 68.7 Å². The molecule has 1 aliphatic heterocycles. The molecule has 0 saturated carbocycles. The molecule has 356 valence electrons. The van der Waals surface area contributed by atoms with E-state index in [1.54, 1.807) is 6.07 Å². The van der Waals surface area contributed by atoms with Crippen molar-refractivity contribution in [2.75, 3.05) is 16.5 Å². The number of hydrogen-bond acceptors (Lipinski definition) is 4. The van der Waals surface area contributed by atoms with E-state index in [0.29, 0.717) is 22.7 Å². The van der Waals surface area contributed by atoms with Crippen molar-refractivity contribution in [2.45, 2.75) is 84.4 Å². The first-order valence-electron chi connectivity index (χ1n) is 30.2. The van der Waals surface area contributed by atoms with Crippen molar-refractivity contribution in [1.29, 1.82) is 0 Å². The summed E-state index contributed by atoms with van der Waals surface area (Å²) in [5.74, 6) is 2.05. The molecule has 0 atom stereocenters. The molecule has 0 bridgehead atoms. The third kappa shape index (κ3) is 7.83. The number of fused-ring (bicyclic) bond motifs is 5. The first-order chi connectivity index (χ1) is 39.3. The van der Waals surface area contributed by atoms with Gasteiger partial charge in [-0.3, -0.25) is 4.57 Å². The van der Waals surface area contributed by atoms with Gasteiger partial charge in [0.2, 0.25) is 0 Å². The second-order valence-corrected chi connectivity index (χ2v) is 21.5. The van der Waals surface area contributed by atoms with Crippen LogP contribution in [0.25, 0.3) is 61.0 Å². The molecule has 0 spiro atoms. The Hall–Kier alpha value is -7.89. The quantitative estimate of drug-likeness (QED) is 0.152. The van der Waals surface area contributed by atoms with E-state index in [4.69, 9.17) is 19.3 Å². The summed E-state index contributed by atoms with van der Waals surface area (Å²) < 4.78 is 107. The number of ether oxygens (including phenoxy) is 1. The average Bonchev–Trinajstić information content (AvgIpc) is 1.83. The molecule has 0 unspecified atom stereocenters. The Kier molecular flexibility index (Phi) is 8.21. The number of anilines is 4. The number of nitrogens with zero attached hydrogens (tertiary/aromatic N) is 4. The second-order valence-electron chi connectivity index (χ2n) is 21.5. The molecule has 3 heterocycles. The largest absolute Gasteiger partial charge is 0.457 e. The van der Waals surface area contributed by atoms with Crippen LogP contribution in [0.4, 0.5) is 22.7 Å². The summed E-state index contributed by atoms with van der Waals surface area (Å²) in [5.41, 5.74) is 8.52. The fraction of sp³-hybridized carbons (Fsp3) is 0.209. The number of para-hydroxylation sites is 4. The van der Waals surface area contributed by atoms with Crippen LogP contribution in [0, 0.1) is 6.85 Å². The van der Waals surface area contributed by atoms with E-state index in [-0.39, 0.29) is 28.5 Å². The predicted molar refractivity (Wildman–Crippen MR) is 302 cm³/mol. The lowest BCUT2D eigenvalue weighted by Gasteiger charge is -2.42. The molecule has 5 nitrogen and oxygen atoms in total. The number of rotatable bonds is 8. The minimum atomic E-state index is -3.09. The molecular weight excluding hydrogens is 877 g/mol. The van der Waals surface area contributed by atoms with Gasteiger partial charge in [-0.15, -0.1) is 0 Å². The Bertz CT molecular complexity index is 4300. The first kappa shape index (κ1) is 34.4. The molecule has 2 aromatic heterocycles. The molecule has 5 heteroatoms. The highest BCUT2D eigenvalue weighted by Crippen LogP contribution is 2.53. The normalized spacial score (nSPS) is 17.3. The monoisotopic (exact) mass is 950 g/mol. The maximum atomic E-state index is 9.79. The smallest absolute Gasteiger partial charge is 0.137 e. The molecule has 0 N–H and O–H groups in total. The molecule has 12 rings (SSSR count). The van der Waals surface area contributed by atoms with E-state index in [2.05, 4.69) is 117 Å². The maximum absolute atomic E-state index is 9.79. The van der Waals surface area contributed by atoms with E-state index in [1.165, 1.54) is 16.7 Å². The lowest BCUT2D eigenvalue weighted by atomic mass is 9.63. The summed E-state index contributed by atoms with van der Waals surface area (Å²) in [6, 6.07) is 41.4. The summed E-state index contributed by atoms with van der Waals surface area (Å²) in [6.07, 6.45) is 3.88. The van der Waals surface area contributed by atoms with E-state index < -0.39 is 71.9 Å². The van der Waals surface area contributed by atoms with Crippen molar-refractivity contribution in [1.82, 2.24) is 9.55 Å². The van der Waals surface area contributed by atoms with Crippen molar-refractivity contribution >= 4 is 44.6 Å². The van der Waals surface area contributed by atoms with Crippen LogP contribution in [0.15, 0.2) is 194 Å². The van der Waals surface area contributed by atoms with Gasteiger partial charge in [-0.1, -0.05) is 170 Å². The fourth-order valence-corrected chi connectivity index (χ4v) is 10.8. The summed E-state index contributed by atoms with van der Waals surface area (Å²) in [4.78, 5) is 9.18. The third-order valence-corrected chi connectivity index (χ3v) is 14.9. The minimum absolute atomic E-state index is 0.0590. The van der Waals surface area contributed by atoms with Gasteiger partial charge >= 0.3 is 0 Å². The van der Waals surface area contributed by atoms with Crippen LogP contribution in [0.1, 0.15) is 98.6 Å². The highest BCUT2D eigenvalue weighted by Gasteiger charge is 2.38. The van der Waals surface area contributed by atoms with Crippen molar-refractivity contribution in [3.05, 3.63) is 216 Å². The van der Waals surface area contributed by atoms with Crippen LogP contribution in [0.5, 0.6) is 11.5 Å². The Morgan fingerprint density at radius 3 is 2.01 bits per heavy atom. The van der Waals surface area contributed by atoms with E-state index in [1.807, 2.05) is 85.1 Å². The lowest BCUT2D eigenvalue weighted by Crippen LogP contribution is -2.33. The Balaban J connectivity index is 1.00. The first-order valence-corrected chi connectivity index (χ1v) is 24.7. The maximum Gasteiger partial charge on any atom is 0.137 e. The van der Waals surface area contributed by atoms with Gasteiger partial charge in [0.25, 0.3) is 0 Å². The molecule has 72 heavy (non-hydrogen) atoms. The summed E-state index contributed by atoms with van der Waals surface area (Å²) in [6.45, 7) is 12.8. The molecule has 0 fully saturated rings. The molecule has 0 radical (unpaired) electrons. The van der Waals surface area contributed by atoms with E-state index in [9.17, 15) is 5.48 Å². The van der Waals surface area contributed by atoms with Gasteiger partial charge in [0, 0.05) is 50.0 Å². The van der Waals surface area contributed by atoms with Crippen molar-refractivity contribution in [2.24, 2.45) is 0 Å². The van der Waals surface area contributed by atoms with Crippen molar-refractivity contribution < 1.29 is 19.8 Å². The van der Waals surface area contributed by atoms with Crippen LogP contribution in [0.2, 0.25) is 0 Å². The number of hydrogen-bond donors (Lipinski definition) is 0. The van der Waals surface area contributed by atoms with Gasteiger partial charge in [0.15, 0.2) is 0 Å². The van der Waals surface area contributed by atoms with Crippen LogP contribution in [0.3, 0.4) is 0 Å². The topological polar surface area (TPSA) is 33.5 Å². The summed E-state index contributed by atoms with van der Waals surface area (Å²) in [7, 11) is 0. The molecule has 2 aliphatic rings. The molecule has 0 saturated heterocycles. The van der Waals surface area contributed by atoms with Crippen LogP contribution in [-0.2, 0) is 16.2 Å². The molecule has 0 amide bonds. The lowest BCUT2D eigenvalue weighted by molar-refractivity contribution is 0.332. The van der Waals surface area contributed by atoms with Gasteiger partial charge in [-0.05, 0) is 135 Å². The predicted octanol–water partition coefficient (Wildman–Crippen LogP) is 18.2. The molecule has 1 aliphatic carbocycles. The van der Waals surface area contributed by atoms with Crippen LogP contribution >= 0.6 is 0 Å². The molecular formula is C67H62N4O. The average molecular weight is 950 g/mol. The minimum Gasteiger partial charge on any atom is -0.457 e. The SMILES string of the molecule is [2H]c1c([2H])c([2H])c(C([2H])([2H])[2H])c(-c2c([2H])c([2H])c(-c3cccc(-c4ccc5c(c4)C(C)(C)CCC5(C)C)c3N3CN(c4cccc(Oc5ccc6c7ccccc7n(-c7cc(C(C)(C)C)ccn7)c6c5)c4)c4ccccc43)c([2H])c2[2H])c1[2H]. The van der Waals surface area contributed by atoms with Crippen LogP contribution in [-0.4, -0.2) is 16.2 Å². The Morgan fingerprint density at radius 1 is 0.569 bits per heavy atom. The standard InChI is InChI=1S/C67H62N4O/c1-44-17-9-10-20-52(44)45-27-29-46(30-28-45)53-22-16-23-54(47-31-34-57-58(39-47)67(7,8)37-36-66(57,5)6)64(53)70-43-69(60-25-13-14-26-61(60)70)49-18-15-19-50(41-49)72-51-32-33-56-55-21-11-12-24-59(55)71(62(56)42-51)63-40-48(35-38-68-63)65(2,3)4/h9-35,38-42H,36-37,43H2,1-8H3/i1D3,9D,10D,17D,20D,27D,28D,29D,30D. The molecule has 8 aromatic carbocycles.